The van der Waals surface area contributed by atoms with E-state index < -0.39 is 11.8 Å². The number of amides is 2. The highest BCUT2D eigenvalue weighted by Crippen LogP contribution is 2.37. The van der Waals surface area contributed by atoms with E-state index in [9.17, 15) is 14.9 Å². The van der Waals surface area contributed by atoms with E-state index in [0.29, 0.717) is 10.6 Å². The number of carbonyl (C=O) groups excluding carboxylic acids is 2. The largest absolute Gasteiger partial charge is 0.329 e. The number of carbonyl (C=O) groups is 2. The third kappa shape index (κ3) is 4.18. The van der Waals surface area contributed by atoms with Gasteiger partial charge in [0.1, 0.15) is 11.1 Å². The van der Waals surface area contributed by atoms with Crippen LogP contribution in [0.5, 0.6) is 0 Å². The second-order valence-electron chi connectivity index (χ2n) is 5.74. The molecule has 1 heterocycles. The van der Waals surface area contributed by atoms with Gasteiger partial charge in [-0.2, -0.15) is 10.4 Å². The van der Waals surface area contributed by atoms with Gasteiger partial charge in [0.15, 0.2) is 0 Å². The van der Waals surface area contributed by atoms with E-state index in [4.69, 9.17) is 0 Å². The Kier molecular flexibility index (Phi) is 5.81. The second-order valence-corrected chi connectivity index (χ2v) is 7.76. The van der Waals surface area contributed by atoms with Gasteiger partial charge in [0.25, 0.3) is 0 Å². The van der Waals surface area contributed by atoms with Gasteiger partial charge in [-0.15, -0.1) is 11.3 Å². The topological polar surface area (TPSA) is 94.4 Å². The summed E-state index contributed by atoms with van der Waals surface area (Å²) in [6, 6.07) is 9.49. The molecule has 8 heteroatoms. The summed E-state index contributed by atoms with van der Waals surface area (Å²) in [5.74, 6) is -1.72. The fourth-order valence-electron chi connectivity index (χ4n) is 2.74. The average Bonchev–Trinajstić information content (AvgIpc) is 2.98. The fraction of sp³-hybridized carbons (Fsp3) is 0.222. The molecule has 6 nitrogen and oxygen atoms in total. The van der Waals surface area contributed by atoms with Crippen molar-refractivity contribution in [1.82, 2.24) is 5.43 Å². The lowest BCUT2D eigenvalue weighted by Crippen LogP contribution is -2.32. The zero-order valence-corrected chi connectivity index (χ0v) is 16.1. The predicted octanol–water partition coefficient (Wildman–Crippen LogP) is 3.35. The number of anilines is 1. The molecule has 0 radical (unpaired) electrons. The molecule has 0 unspecified atom stereocenters. The molecule has 0 saturated heterocycles. The summed E-state index contributed by atoms with van der Waals surface area (Å²) < 4.78 is 0.885. The van der Waals surface area contributed by atoms with Crippen LogP contribution in [0.25, 0.3) is 0 Å². The Morgan fingerprint density at radius 2 is 2.08 bits per heavy atom. The molecular formula is C18H15BrN4O2S. The summed E-state index contributed by atoms with van der Waals surface area (Å²) in [6.07, 6.45) is 5.31. The number of hydrogen-bond acceptors (Lipinski definition) is 5. The Hall–Kier alpha value is -2.50. The Bertz CT molecular complexity index is 930. The normalized spacial score (nSPS) is 13.1. The van der Waals surface area contributed by atoms with Gasteiger partial charge in [-0.1, -0.05) is 28.1 Å². The van der Waals surface area contributed by atoms with Gasteiger partial charge in [-0.25, -0.2) is 5.43 Å². The quantitative estimate of drug-likeness (QED) is 0.443. The molecule has 0 atom stereocenters. The molecule has 1 aliphatic carbocycles. The van der Waals surface area contributed by atoms with Gasteiger partial charge in [0.2, 0.25) is 0 Å². The van der Waals surface area contributed by atoms with Gasteiger partial charge in [0.05, 0.1) is 11.8 Å². The number of hydrazone groups is 1. The van der Waals surface area contributed by atoms with Crippen molar-refractivity contribution < 1.29 is 9.59 Å². The lowest BCUT2D eigenvalue weighted by molar-refractivity contribution is -0.136. The minimum atomic E-state index is -0.883. The van der Waals surface area contributed by atoms with Crippen molar-refractivity contribution in [2.75, 3.05) is 5.32 Å². The molecule has 132 valence electrons. The maximum absolute atomic E-state index is 12.1. The molecule has 1 aromatic heterocycles. The van der Waals surface area contributed by atoms with Gasteiger partial charge < -0.3 is 5.32 Å². The maximum Gasteiger partial charge on any atom is 0.329 e. The number of benzene rings is 1. The van der Waals surface area contributed by atoms with Crippen molar-refractivity contribution in [2.24, 2.45) is 5.10 Å². The van der Waals surface area contributed by atoms with Crippen LogP contribution in [0.3, 0.4) is 0 Å². The van der Waals surface area contributed by atoms with E-state index in [1.54, 1.807) is 0 Å². The fourth-order valence-corrected chi connectivity index (χ4v) is 4.39. The number of fused-ring (bicyclic) bond motifs is 1. The first-order valence-electron chi connectivity index (χ1n) is 8.03. The third-order valence-corrected chi connectivity index (χ3v) is 5.65. The van der Waals surface area contributed by atoms with Gasteiger partial charge in [-0.3, -0.25) is 9.59 Å². The zero-order chi connectivity index (χ0) is 18.5. The van der Waals surface area contributed by atoms with Crippen LogP contribution in [0.4, 0.5) is 5.00 Å². The maximum atomic E-state index is 12.1. The summed E-state index contributed by atoms with van der Waals surface area (Å²) >= 11 is 4.72. The van der Waals surface area contributed by atoms with Crippen LogP contribution < -0.4 is 10.7 Å². The van der Waals surface area contributed by atoms with Crippen molar-refractivity contribution in [3.05, 3.63) is 50.3 Å². The molecule has 1 aliphatic rings. The molecule has 2 N–H and O–H groups in total. The predicted molar refractivity (Wildman–Crippen MR) is 104 cm³/mol. The minimum Gasteiger partial charge on any atom is -0.308 e. The van der Waals surface area contributed by atoms with Crippen molar-refractivity contribution >= 4 is 50.3 Å². The molecule has 26 heavy (non-hydrogen) atoms. The highest BCUT2D eigenvalue weighted by molar-refractivity contribution is 9.10. The first-order chi connectivity index (χ1) is 12.6. The number of nitrogens with one attached hydrogen (secondary N) is 2. The van der Waals surface area contributed by atoms with Gasteiger partial charge in [-0.05, 0) is 48.9 Å². The molecule has 0 bridgehead atoms. The lowest BCUT2D eigenvalue weighted by Gasteiger charge is -2.09. The third-order valence-electron chi connectivity index (χ3n) is 3.94. The number of halogens is 1. The average molecular weight is 431 g/mol. The summed E-state index contributed by atoms with van der Waals surface area (Å²) in [5, 5.41) is 16.1. The molecule has 3 rings (SSSR count). The molecule has 0 aliphatic heterocycles. The zero-order valence-electron chi connectivity index (χ0n) is 13.7. The van der Waals surface area contributed by atoms with Crippen molar-refractivity contribution in [3.63, 3.8) is 0 Å². The Balaban J connectivity index is 1.64. The van der Waals surface area contributed by atoms with Crippen molar-refractivity contribution in [3.8, 4) is 6.07 Å². The minimum absolute atomic E-state index is 0.440. The summed E-state index contributed by atoms with van der Waals surface area (Å²) in [4.78, 5) is 25.1. The standard InChI is InChI=1S/C18H15BrN4O2S/c19-12-5-3-4-11(8-12)10-21-23-17(25)16(24)22-18-14(9-20)13-6-1-2-7-15(13)26-18/h3-5,8,10H,1-2,6-7H2,(H,22,24)(H,23,25)/b21-10-. The number of nitrogens with zero attached hydrogens (tertiary/aromatic N) is 2. The first-order valence-corrected chi connectivity index (χ1v) is 9.64. The van der Waals surface area contributed by atoms with E-state index in [0.717, 1.165) is 46.2 Å². The van der Waals surface area contributed by atoms with E-state index >= 15 is 0 Å². The summed E-state index contributed by atoms with van der Waals surface area (Å²) in [7, 11) is 0. The van der Waals surface area contributed by atoms with Crippen LogP contribution in [0.1, 0.15) is 34.4 Å². The second kappa shape index (κ2) is 8.25. The van der Waals surface area contributed by atoms with Gasteiger partial charge in [0, 0.05) is 9.35 Å². The van der Waals surface area contributed by atoms with E-state index in [-0.39, 0.29) is 0 Å². The van der Waals surface area contributed by atoms with Crippen molar-refractivity contribution in [2.45, 2.75) is 25.7 Å². The number of nitriles is 1. The smallest absolute Gasteiger partial charge is 0.308 e. The Labute approximate surface area is 163 Å². The number of hydrogen-bond donors (Lipinski definition) is 2. The first kappa shape index (κ1) is 18.3. The molecular weight excluding hydrogens is 416 g/mol. The molecule has 2 amide bonds. The van der Waals surface area contributed by atoms with E-state index in [1.807, 2.05) is 24.3 Å². The highest BCUT2D eigenvalue weighted by atomic mass is 79.9. The molecule has 1 aromatic carbocycles. The molecule has 0 saturated carbocycles. The van der Waals surface area contributed by atoms with Gasteiger partial charge >= 0.3 is 11.8 Å². The van der Waals surface area contributed by atoms with E-state index in [2.05, 4.69) is 37.8 Å². The van der Waals surface area contributed by atoms with Crippen LogP contribution >= 0.6 is 27.3 Å². The molecule has 2 aromatic rings. The SMILES string of the molecule is N#Cc1c(NC(=O)C(=O)N/N=C\c2cccc(Br)c2)sc2c1CCCC2. The van der Waals surface area contributed by atoms with Crippen LogP contribution in [0.2, 0.25) is 0 Å². The van der Waals surface area contributed by atoms with Crippen LogP contribution in [0, 0.1) is 11.3 Å². The summed E-state index contributed by atoms with van der Waals surface area (Å²) in [6.45, 7) is 0. The Morgan fingerprint density at radius 1 is 1.27 bits per heavy atom. The van der Waals surface area contributed by atoms with Crippen molar-refractivity contribution in [1.29, 1.82) is 5.26 Å². The highest BCUT2D eigenvalue weighted by Gasteiger charge is 2.23. The number of thiophene rings is 1. The number of aryl methyl sites for hydroxylation is 1. The Morgan fingerprint density at radius 3 is 2.85 bits per heavy atom. The van der Waals surface area contributed by atoms with Crippen LogP contribution in [-0.4, -0.2) is 18.0 Å². The lowest BCUT2D eigenvalue weighted by atomic mass is 9.96. The number of rotatable bonds is 3. The summed E-state index contributed by atoms with van der Waals surface area (Å²) in [5.41, 5.74) is 4.45. The van der Waals surface area contributed by atoms with Crippen LogP contribution in [0.15, 0.2) is 33.8 Å². The van der Waals surface area contributed by atoms with E-state index in [1.165, 1.54) is 17.6 Å². The van der Waals surface area contributed by atoms with Crippen LogP contribution in [-0.2, 0) is 22.4 Å². The molecule has 0 spiro atoms. The monoisotopic (exact) mass is 430 g/mol. The molecule has 0 fully saturated rings.